The van der Waals surface area contributed by atoms with Crippen LogP contribution in [0.3, 0.4) is 0 Å². The molecule has 0 aromatic carbocycles. The van der Waals surface area contributed by atoms with E-state index in [1.54, 1.807) is 0 Å². The van der Waals surface area contributed by atoms with Gasteiger partial charge in [-0.1, -0.05) is 5.11 Å². The predicted octanol–water partition coefficient (Wildman–Crippen LogP) is -1.33. The third-order valence-corrected chi connectivity index (χ3v) is 2.04. The van der Waals surface area contributed by atoms with Crippen molar-refractivity contribution in [3.8, 4) is 0 Å². The van der Waals surface area contributed by atoms with Crippen molar-refractivity contribution in [2.24, 2.45) is 5.11 Å². The molecule has 2 N–H and O–H groups in total. The molecule has 0 bridgehead atoms. The zero-order valence-electron chi connectivity index (χ0n) is 6.96. The molecule has 0 aromatic rings. The zero-order chi connectivity index (χ0) is 10.1. The maximum atomic E-state index is 13.0. The summed E-state index contributed by atoms with van der Waals surface area (Å²) >= 11 is 0. The van der Waals surface area contributed by atoms with E-state index in [0.717, 1.165) is 0 Å². The lowest BCUT2D eigenvalue weighted by atomic mass is 9.93. The van der Waals surface area contributed by atoms with Crippen LogP contribution in [0.5, 0.6) is 0 Å². The largest absolute Gasteiger partial charge is 0.393 e. The van der Waals surface area contributed by atoms with Crippen LogP contribution in [0.25, 0.3) is 10.4 Å². The minimum Gasteiger partial charge on any atom is -0.393 e. The van der Waals surface area contributed by atoms with Crippen LogP contribution in [0.2, 0.25) is 0 Å². The fraction of sp³-hybridized carbons (Fsp3) is 1.00. The Morgan fingerprint density at radius 2 is 2.38 bits per heavy atom. The molecule has 0 saturated carbocycles. The van der Waals surface area contributed by atoms with Crippen LogP contribution in [0.1, 0.15) is 0 Å². The van der Waals surface area contributed by atoms with E-state index in [1.165, 1.54) is 7.85 Å². The number of halogens is 1. The number of hydrogen-bond donors (Lipinski definition) is 2. The monoisotopic (exact) mass is 189 g/mol. The van der Waals surface area contributed by atoms with Gasteiger partial charge in [0.25, 0.3) is 0 Å². The number of aliphatic hydroxyl groups excluding tert-OH is 2. The van der Waals surface area contributed by atoms with E-state index in [4.69, 9.17) is 15.4 Å². The van der Waals surface area contributed by atoms with Crippen molar-refractivity contribution in [2.45, 2.75) is 24.0 Å². The summed E-state index contributed by atoms with van der Waals surface area (Å²) in [6, 6.07) is -0.896. The SMILES string of the molecule is B[C@@H]1O[C@@](CO)(N=[N+]=[N-])[C@@H](O)[C@@H]1F. The number of hydrogen-bond acceptors (Lipinski definition) is 4. The summed E-state index contributed by atoms with van der Waals surface area (Å²) in [7, 11) is 1.39. The van der Waals surface area contributed by atoms with Crippen LogP contribution in [0, 0.1) is 0 Å². The average molecular weight is 189 g/mol. The van der Waals surface area contributed by atoms with E-state index < -0.39 is 30.6 Å². The number of ether oxygens (including phenoxy) is 1. The molecule has 1 aliphatic rings. The highest BCUT2D eigenvalue weighted by Gasteiger charge is 2.52. The van der Waals surface area contributed by atoms with Crippen LogP contribution in [-0.4, -0.2) is 48.7 Å². The van der Waals surface area contributed by atoms with Crippen molar-refractivity contribution in [1.29, 1.82) is 0 Å². The molecule has 8 heteroatoms. The molecule has 1 aliphatic heterocycles. The Morgan fingerprint density at radius 3 is 2.69 bits per heavy atom. The van der Waals surface area contributed by atoms with Crippen LogP contribution >= 0.6 is 0 Å². The van der Waals surface area contributed by atoms with Crippen molar-refractivity contribution >= 4 is 7.85 Å². The molecule has 6 nitrogen and oxygen atoms in total. The topological polar surface area (TPSA) is 98.5 Å². The normalized spacial score (nSPS) is 44.4. The Kier molecular flexibility index (Phi) is 2.77. The Morgan fingerprint density at radius 1 is 1.77 bits per heavy atom. The third-order valence-electron chi connectivity index (χ3n) is 2.04. The van der Waals surface area contributed by atoms with E-state index in [-0.39, 0.29) is 0 Å². The van der Waals surface area contributed by atoms with Gasteiger partial charge >= 0.3 is 0 Å². The number of rotatable bonds is 2. The fourth-order valence-electron chi connectivity index (χ4n) is 1.28. The van der Waals surface area contributed by atoms with Gasteiger partial charge in [0.05, 0.1) is 12.6 Å². The summed E-state index contributed by atoms with van der Waals surface area (Å²) in [5.74, 6) is 0. The van der Waals surface area contributed by atoms with Gasteiger partial charge in [-0.2, -0.15) is 0 Å². The lowest BCUT2D eigenvalue weighted by molar-refractivity contribution is -0.0935. The van der Waals surface area contributed by atoms with Gasteiger partial charge in [-0.15, -0.1) is 0 Å². The minimum absolute atomic E-state index is 0.747. The van der Waals surface area contributed by atoms with Gasteiger partial charge < -0.3 is 14.9 Å². The Bertz CT molecular complexity index is 249. The standard InChI is InChI=1S/C5H9BFN3O3/c6-4-2(7)3(12)5(1-11,13-4)9-10-8/h2-4,11-12H,1,6H2/t2-,3-,4+,5+/m0/s1. The van der Waals surface area contributed by atoms with Crippen molar-refractivity contribution in [3.63, 3.8) is 0 Å². The molecule has 0 radical (unpaired) electrons. The molecule has 0 spiro atoms. The summed E-state index contributed by atoms with van der Waals surface area (Å²) in [5, 5.41) is 21.2. The second-order valence-corrected chi connectivity index (χ2v) is 2.90. The molecule has 0 amide bonds. The molecule has 72 valence electrons. The van der Waals surface area contributed by atoms with Crippen molar-refractivity contribution < 1.29 is 19.3 Å². The first kappa shape index (κ1) is 10.3. The maximum Gasteiger partial charge on any atom is 0.198 e. The molecular weight excluding hydrogens is 180 g/mol. The summed E-state index contributed by atoms with van der Waals surface area (Å²) in [4.78, 5) is 2.39. The summed E-state index contributed by atoms with van der Waals surface area (Å²) < 4.78 is 17.9. The first-order chi connectivity index (χ1) is 6.07. The average Bonchev–Trinajstić information content (AvgIpc) is 2.32. The Hall–Kier alpha value is -0.815. The molecule has 13 heavy (non-hydrogen) atoms. The summed E-state index contributed by atoms with van der Waals surface area (Å²) in [5.41, 5.74) is 6.28. The first-order valence-electron chi connectivity index (χ1n) is 3.74. The van der Waals surface area contributed by atoms with Crippen LogP contribution in [0.4, 0.5) is 4.39 Å². The molecule has 1 fully saturated rings. The van der Waals surface area contributed by atoms with E-state index in [9.17, 15) is 9.50 Å². The number of aliphatic hydroxyl groups is 2. The van der Waals surface area contributed by atoms with Crippen molar-refractivity contribution in [3.05, 3.63) is 10.4 Å². The molecule has 4 atom stereocenters. The molecule has 1 rings (SSSR count). The van der Waals surface area contributed by atoms with Gasteiger partial charge in [-0.3, -0.25) is 0 Å². The second kappa shape index (κ2) is 3.51. The highest BCUT2D eigenvalue weighted by molar-refractivity contribution is 6.11. The molecule has 1 saturated heterocycles. The molecule has 1 heterocycles. The summed E-state index contributed by atoms with van der Waals surface area (Å²) in [6.07, 6.45) is -3.28. The highest BCUT2D eigenvalue weighted by atomic mass is 19.1. The molecule has 0 aromatic heterocycles. The Labute approximate surface area is 74.3 Å². The highest BCUT2D eigenvalue weighted by Crippen LogP contribution is 2.32. The zero-order valence-corrected chi connectivity index (χ0v) is 6.96. The van der Waals surface area contributed by atoms with Crippen LogP contribution < -0.4 is 0 Å². The Balaban J connectivity index is 2.95. The first-order valence-corrected chi connectivity index (χ1v) is 3.74. The van der Waals surface area contributed by atoms with Crippen LogP contribution in [-0.2, 0) is 4.74 Å². The third kappa shape index (κ3) is 1.49. The van der Waals surface area contributed by atoms with Gasteiger partial charge in [0.1, 0.15) is 20.1 Å². The molecule has 0 unspecified atom stereocenters. The van der Waals surface area contributed by atoms with Crippen LogP contribution in [0.15, 0.2) is 5.11 Å². The minimum atomic E-state index is -1.87. The number of alkyl halides is 1. The van der Waals surface area contributed by atoms with E-state index in [0.29, 0.717) is 0 Å². The molecular formula is C5H9BFN3O3. The predicted molar refractivity (Wildman–Crippen MR) is 43.3 cm³/mol. The van der Waals surface area contributed by atoms with Gasteiger partial charge in [0, 0.05) is 4.91 Å². The lowest BCUT2D eigenvalue weighted by Crippen LogP contribution is -2.43. The summed E-state index contributed by atoms with van der Waals surface area (Å²) in [6.45, 7) is -0.747. The van der Waals surface area contributed by atoms with Crippen molar-refractivity contribution in [1.82, 2.24) is 0 Å². The quantitative estimate of drug-likeness (QED) is 0.243. The maximum absolute atomic E-state index is 13.0. The molecule has 0 aliphatic carbocycles. The smallest absolute Gasteiger partial charge is 0.198 e. The van der Waals surface area contributed by atoms with Gasteiger partial charge in [0.2, 0.25) is 0 Å². The van der Waals surface area contributed by atoms with E-state index in [1.807, 2.05) is 0 Å². The fourth-order valence-corrected chi connectivity index (χ4v) is 1.28. The number of nitrogens with zero attached hydrogens (tertiary/aromatic N) is 3. The lowest BCUT2D eigenvalue weighted by Gasteiger charge is -2.23. The van der Waals surface area contributed by atoms with E-state index in [2.05, 4.69) is 10.0 Å². The van der Waals surface area contributed by atoms with E-state index >= 15 is 0 Å². The van der Waals surface area contributed by atoms with Gasteiger partial charge in [-0.25, -0.2) is 4.39 Å². The number of azide groups is 1. The second-order valence-electron chi connectivity index (χ2n) is 2.90. The van der Waals surface area contributed by atoms with Gasteiger partial charge in [0.15, 0.2) is 5.72 Å². The van der Waals surface area contributed by atoms with Gasteiger partial charge in [-0.05, 0) is 5.53 Å². The van der Waals surface area contributed by atoms with Crippen molar-refractivity contribution in [2.75, 3.05) is 6.61 Å².